The van der Waals surface area contributed by atoms with Gasteiger partial charge in [-0.15, -0.1) is 11.3 Å². The number of hydrogen-bond acceptors (Lipinski definition) is 5. The summed E-state index contributed by atoms with van der Waals surface area (Å²) in [6.45, 7) is 4.66. The Balaban J connectivity index is 0.981. The van der Waals surface area contributed by atoms with E-state index in [0.717, 1.165) is 48.6 Å². The Hall–Kier alpha value is -6.56. The molecule has 0 N–H and O–H groups in total. The highest BCUT2D eigenvalue weighted by Crippen LogP contribution is 2.49. The van der Waals surface area contributed by atoms with Gasteiger partial charge in [0, 0.05) is 27.7 Å². The minimum Gasteiger partial charge on any atom is -0.236 e. The molecule has 9 aromatic rings. The maximum absolute atomic E-state index is 5.11. The van der Waals surface area contributed by atoms with Gasteiger partial charge in [0.15, 0.2) is 17.5 Å². The quantitative estimate of drug-likeness (QED) is 0.172. The molecule has 256 valence electrons. The standard InChI is InChI=1S/C49H34N4S/c1-49(2)41-19-10-9-18-39(41)40-26-24-36(29-42(40)49)32-20-22-34(23-21-32)48-50-43-30-38(25-27-44(43)54-48)47-52-45(33-14-7-4-8-15-33)51-46(53-47)37-17-11-16-35(28-37)31-12-5-3-6-13-31/h3-30H,1-2H3. The van der Waals surface area contributed by atoms with Gasteiger partial charge in [-0.2, -0.15) is 0 Å². The lowest BCUT2D eigenvalue weighted by atomic mass is 9.81. The number of hydrogen-bond donors (Lipinski definition) is 0. The van der Waals surface area contributed by atoms with E-state index < -0.39 is 0 Å². The van der Waals surface area contributed by atoms with Gasteiger partial charge >= 0.3 is 0 Å². The Bertz CT molecular complexity index is 2840. The zero-order valence-corrected chi connectivity index (χ0v) is 30.7. The molecular weight excluding hydrogens is 677 g/mol. The lowest BCUT2D eigenvalue weighted by Crippen LogP contribution is -2.14. The fourth-order valence-corrected chi connectivity index (χ4v) is 8.65. The van der Waals surface area contributed by atoms with E-state index in [4.69, 9.17) is 19.9 Å². The highest BCUT2D eigenvalue weighted by atomic mass is 32.1. The molecule has 2 aromatic heterocycles. The van der Waals surface area contributed by atoms with Crippen LogP contribution in [0.4, 0.5) is 0 Å². The third-order valence-corrected chi connectivity index (χ3v) is 11.7. The van der Waals surface area contributed by atoms with Crippen LogP contribution in [0.25, 0.3) is 88.3 Å². The summed E-state index contributed by atoms with van der Waals surface area (Å²) in [5.41, 5.74) is 14.9. The lowest BCUT2D eigenvalue weighted by molar-refractivity contribution is 0.660. The minimum absolute atomic E-state index is 0.0266. The highest BCUT2D eigenvalue weighted by molar-refractivity contribution is 7.21. The van der Waals surface area contributed by atoms with Gasteiger partial charge < -0.3 is 0 Å². The second-order valence-corrected chi connectivity index (χ2v) is 15.4. The SMILES string of the molecule is CC1(C)c2ccccc2-c2ccc(-c3ccc(-c4nc5cc(-c6nc(-c7ccccc7)nc(-c7cccc(-c8ccccc8)c7)n6)ccc5s4)cc3)cc21. The molecule has 0 saturated carbocycles. The van der Waals surface area contributed by atoms with Crippen molar-refractivity contribution in [1.29, 1.82) is 0 Å². The zero-order valence-electron chi connectivity index (χ0n) is 29.9. The van der Waals surface area contributed by atoms with Gasteiger partial charge in [-0.25, -0.2) is 19.9 Å². The summed E-state index contributed by atoms with van der Waals surface area (Å²) in [5.74, 6) is 1.88. The van der Waals surface area contributed by atoms with Gasteiger partial charge in [0.2, 0.25) is 0 Å². The summed E-state index contributed by atoms with van der Waals surface area (Å²) in [5, 5.41) is 0.985. The van der Waals surface area contributed by atoms with Crippen LogP contribution >= 0.6 is 11.3 Å². The van der Waals surface area contributed by atoms with Crippen molar-refractivity contribution in [3.63, 3.8) is 0 Å². The first kappa shape index (κ1) is 32.1. The van der Waals surface area contributed by atoms with Crippen LogP contribution in [0.15, 0.2) is 170 Å². The van der Waals surface area contributed by atoms with Crippen LogP contribution < -0.4 is 0 Å². The molecule has 0 aliphatic heterocycles. The molecule has 10 rings (SSSR count). The molecule has 0 bridgehead atoms. The zero-order chi connectivity index (χ0) is 36.2. The van der Waals surface area contributed by atoms with Gasteiger partial charge in [0.05, 0.1) is 10.2 Å². The largest absolute Gasteiger partial charge is 0.236 e. The van der Waals surface area contributed by atoms with Crippen molar-refractivity contribution in [1.82, 2.24) is 19.9 Å². The van der Waals surface area contributed by atoms with Crippen LogP contribution in [0.3, 0.4) is 0 Å². The molecule has 0 atom stereocenters. The number of thiazole rings is 1. The number of rotatable bonds is 6. The van der Waals surface area contributed by atoms with E-state index in [-0.39, 0.29) is 5.41 Å². The van der Waals surface area contributed by atoms with E-state index in [9.17, 15) is 0 Å². The van der Waals surface area contributed by atoms with Crippen LogP contribution in [0.1, 0.15) is 25.0 Å². The van der Waals surface area contributed by atoms with Crippen molar-refractivity contribution < 1.29 is 0 Å². The molecule has 0 saturated heterocycles. The number of fused-ring (bicyclic) bond motifs is 4. The Morgan fingerprint density at radius 2 is 0.889 bits per heavy atom. The van der Waals surface area contributed by atoms with E-state index in [1.54, 1.807) is 11.3 Å². The summed E-state index contributed by atoms with van der Waals surface area (Å²) in [6, 6.07) is 59.7. The molecule has 5 heteroatoms. The first-order chi connectivity index (χ1) is 26.5. The van der Waals surface area contributed by atoms with Crippen molar-refractivity contribution in [3.8, 4) is 78.1 Å². The molecule has 0 unspecified atom stereocenters. The summed E-state index contributed by atoms with van der Waals surface area (Å²) >= 11 is 1.70. The summed E-state index contributed by atoms with van der Waals surface area (Å²) in [4.78, 5) is 20.1. The van der Waals surface area contributed by atoms with Gasteiger partial charge in [-0.1, -0.05) is 153 Å². The van der Waals surface area contributed by atoms with Gasteiger partial charge in [0.25, 0.3) is 0 Å². The summed E-state index contributed by atoms with van der Waals surface area (Å²) in [6.07, 6.45) is 0. The molecule has 0 fully saturated rings. The summed E-state index contributed by atoms with van der Waals surface area (Å²) in [7, 11) is 0. The molecule has 54 heavy (non-hydrogen) atoms. The fraction of sp³-hybridized carbons (Fsp3) is 0.0612. The maximum atomic E-state index is 5.11. The van der Waals surface area contributed by atoms with E-state index >= 15 is 0 Å². The van der Waals surface area contributed by atoms with E-state index in [1.165, 1.54) is 33.4 Å². The van der Waals surface area contributed by atoms with E-state index in [0.29, 0.717) is 17.5 Å². The van der Waals surface area contributed by atoms with Gasteiger partial charge in [-0.05, 0) is 74.8 Å². The number of nitrogens with zero attached hydrogens (tertiary/aromatic N) is 4. The monoisotopic (exact) mass is 710 g/mol. The first-order valence-corrected chi connectivity index (χ1v) is 19.0. The van der Waals surface area contributed by atoms with Crippen molar-refractivity contribution >= 4 is 21.6 Å². The lowest BCUT2D eigenvalue weighted by Gasteiger charge is -2.22. The van der Waals surface area contributed by atoms with Crippen LogP contribution in [0, 0.1) is 0 Å². The van der Waals surface area contributed by atoms with Crippen molar-refractivity contribution in [2.75, 3.05) is 0 Å². The molecule has 1 aliphatic rings. The second kappa shape index (κ2) is 12.8. The Morgan fingerprint density at radius 1 is 0.370 bits per heavy atom. The fourth-order valence-electron chi connectivity index (χ4n) is 7.70. The van der Waals surface area contributed by atoms with Crippen LogP contribution in [0.5, 0.6) is 0 Å². The van der Waals surface area contributed by atoms with Gasteiger partial charge in [-0.3, -0.25) is 0 Å². The van der Waals surface area contributed by atoms with Crippen molar-refractivity contribution in [2.24, 2.45) is 0 Å². The number of benzene rings is 7. The molecule has 1 aliphatic carbocycles. The predicted molar refractivity (Wildman–Crippen MR) is 223 cm³/mol. The van der Waals surface area contributed by atoms with E-state index in [1.807, 2.05) is 36.4 Å². The first-order valence-electron chi connectivity index (χ1n) is 18.2. The Morgan fingerprint density at radius 3 is 1.65 bits per heavy atom. The van der Waals surface area contributed by atoms with Crippen LogP contribution in [0.2, 0.25) is 0 Å². The molecular formula is C49H34N4S. The molecule has 7 aromatic carbocycles. The normalized spacial score (nSPS) is 12.8. The maximum Gasteiger partial charge on any atom is 0.164 e. The third kappa shape index (κ3) is 5.61. The molecule has 0 spiro atoms. The minimum atomic E-state index is -0.0266. The molecule has 0 radical (unpaired) electrons. The second-order valence-electron chi connectivity index (χ2n) is 14.3. The molecule has 2 heterocycles. The van der Waals surface area contributed by atoms with Crippen LogP contribution in [-0.4, -0.2) is 19.9 Å². The predicted octanol–water partition coefficient (Wildman–Crippen LogP) is 12.8. The topological polar surface area (TPSA) is 51.6 Å². The Labute approximate surface area is 318 Å². The van der Waals surface area contributed by atoms with Crippen molar-refractivity contribution in [3.05, 3.63) is 181 Å². The molecule has 4 nitrogen and oxygen atoms in total. The van der Waals surface area contributed by atoms with Gasteiger partial charge in [0.1, 0.15) is 5.01 Å². The van der Waals surface area contributed by atoms with E-state index in [2.05, 4.69) is 147 Å². The average Bonchev–Trinajstić information content (AvgIpc) is 3.77. The summed E-state index contributed by atoms with van der Waals surface area (Å²) < 4.78 is 1.12. The van der Waals surface area contributed by atoms with Crippen molar-refractivity contribution in [2.45, 2.75) is 19.3 Å². The third-order valence-electron chi connectivity index (χ3n) is 10.6. The smallest absolute Gasteiger partial charge is 0.164 e. The number of aromatic nitrogens is 4. The Kier molecular flexibility index (Phi) is 7.63. The average molecular weight is 711 g/mol. The highest BCUT2D eigenvalue weighted by Gasteiger charge is 2.35. The van der Waals surface area contributed by atoms with Crippen LogP contribution in [-0.2, 0) is 5.41 Å². The molecule has 0 amide bonds.